The molecule has 2 aliphatic rings. The van der Waals surface area contributed by atoms with E-state index in [0.29, 0.717) is 24.1 Å². The number of phenols is 1. The van der Waals surface area contributed by atoms with Gasteiger partial charge in [0.05, 0.1) is 18.1 Å². The maximum Gasteiger partial charge on any atom is 0.116 e. The van der Waals surface area contributed by atoms with Gasteiger partial charge in [-0.15, -0.1) is 0 Å². The van der Waals surface area contributed by atoms with Gasteiger partial charge in [0.1, 0.15) is 5.75 Å². The molecule has 0 bridgehead atoms. The van der Waals surface area contributed by atoms with E-state index in [4.69, 9.17) is 0 Å². The largest absolute Gasteiger partial charge is 0.545 e. The van der Waals surface area contributed by atoms with Crippen molar-refractivity contribution in [2.24, 2.45) is 0 Å². The summed E-state index contributed by atoms with van der Waals surface area (Å²) in [6.45, 7) is 3.43. The standard InChI is InChI=1S/C13H18N2O.C4H4O4/c1-13-6-7-14(2)12(13)15(3)11-5-4-9(16)8-10(11)13;5-3(6)1-2-4(7)8/h4-5,8,12,16H,6-7H2,1-3H3;1-2H,(H,5,6)(H,7,8)/p-2/b;2-1-/t12-,13+;/m1./s1. The topological polar surface area (TPSA) is 107 Å². The Hall–Kier alpha value is -2.54. The lowest BCUT2D eigenvalue weighted by Gasteiger charge is -2.32. The van der Waals surface area contributed by atoms with E-state index in [-0.39, 0.29) is 5.41 Å². The molecule has 7 heteroatoms. The maximum atomic E-state index is 9.65. The van der Waals surface area contributed by atoms with Gasteiger partial charge in [0.15, 0.2) is 0 Å². The lowest BCUT2D eigenvalue weighted by atomic mass is 9.81. The van der Waals surface area contributed by atoms with Crippen LogP contribution < -0.4 is 15.1 Å². The van der Waals surface area contributed by atoms with Gasteiger partial charge in [-0.05, 0) is 49.4 Å². The van der Waals surface area contributed by atoms with E-state index in [1.54, 1.807) is 6.07 Å². The van der Waals surface area contributed by atoms with Crippen LogP contribution in [0.5, 0.6) is 5.75 Å². The molecule has 2 heterocycles. The molecule has 0 aromatic heterocycles. The molecule has 0 unspecified atom stereocenters. The van der Waals surface area contributed by atoms with E-state index in [9.17, 15) is 24.9 Å². The summed E-state index contributed by atoms with van der Waals surface area (Å²) in [5.41, 5.74) is 2.72. The molecule has 1 aromatic carbocycles. The van der Waals surface area contributed by atoms with Crippen molar-refractivity contribution in [3.8, 4) is 5.75 Å². The third-order valence-corrected chi connectivity index (χ3v) is 4.67. The van der Waals surface area contributed by atoms with Crippen LogP contribution in [0.1, 0.15) is 18.9 Å². The number of aromatic hydroxyl groups is 1. The van der Waals surface area contributed by atoms with Crippen LogP contribution in [0.15, 0.2) is 30.4 Å². The molecule has 0 amide bonds. The number of anilines is 1. The molecule has 1 fully saturated rings. The molecule has 2 atom stereocenters. The summed E-state index contributed by atoms with van der Waals surface area (Å²) in [5, 5.41) is 28.5. The van der Waals surface area contributed by atoms with Crippen LogP contribution in [0.25, 0.3) is 0 Å². The number of rotatable bonds is 2. The van der Waals surface area contributed by atoms with Gasteiger partial charge in [0, 0.05) is 24.7 Å². The van der Waals surface area contributed by atoms with Crippen molar-refractivity contribution in [2.75, 3.05) is 25.5 Å². The fraction of sp³-hybridized carbons (Fsp3) is 0.412. The Bertz CT molecular complexity index is 672. The number of carbonyl (C=O) groups excluding carboxylic acids is 2. The summed E-state index contributed by atoms with van der Waals surface area (Å²) in [5.74, 6) is -2.72. The number of fused-ring (bicyclic) bond motifs is 3. The Morgan fingerprint density at radius 1 is 1.25 bits per heavy atom. The van der Waals surface area contributed by atoms with Crippen molar-refractivity contribution in [1.82, 2.24) is 4.90 Å². The van der Waals surface area contributed by atoms with Crippen molar-refractivity contribution in [1.29, 1.82) is 0 Å². The summed E-state index contributed by atoms with van der Waals surface area (Å²) in [6.07, 6.45) is 2.36. The van der Waals surface area contributed by atoms with Crippen molar-refractivity contribution < 1.29 is 24.9 Å². The molecule has 24 heavy (non-hydrogen) atoms. The Morgan fingerprint density at radius 2 is 1.83 bits per heavy atom. The second-order valence-electron chi connectivity index (χ2n) is 6.31. The van der Waals surface area contributed by atoms with Gasteiger partial charge in [-0.2, -0.15) is 0 Å². The molecular weight excluding hydrogens is 312 g/mol. The lowest BCUT2D eigenvalue weighted by molar-refractivity contribution is -0.301. The lowest BCUT2D eigenvalue weighted by Crippen LogP contribution is -2.45. The molecular formula is C17H20N2O5-2. The zero-order valence-corrected chi connectivity index (χ0v) is 13.9. The number of carbonyl (C=O) groups is 2. The minimum atomic E-state index is -1.55. The Balaban J connectivity index is 0.000000224. The molecule has 1 N–H and O–H groups in total. The van der Waals surface area contributed by atoms with E-state index in [2.05, 4.69) is 30.8 Å². The first kappa shape index (κ1) is 17.8. The normalized spacial score (nSPS) is 25.1. The highest BCUT2D eigenvalue weighted by Crippen LogP contribution is 2.51. The molecule has 3 rings (SSSR count). The summed E-state index contributed by atoms with van der Waals surface area (Å²) >= 11 is 0. The van der Waals surface area contributed by atoms with E-state index in [0.717, 1.165) is 13.0 Å². The van der Waals surface area contributed by atoms with Gasteiger partial charge in [-0.25, -0.2) is 0 Å². The number of hydrogen-bond acceptors (Lipinski definition) is 7. The minimum Gasteiger partial charge on any atom is -0.545 e. The first-order chi connectivity index (χ1) is 11.2. The molecule has 0 saturated carbocycles. The summed E-state index contributed by atoms with van der Waals surface area (Å²) < 4.78 is 0. The molecule has 0 radical (unpaired) electrons. The highest BCUT2D eigenvalue weighted by Gasteiger charge is 2.52. The SMILES string of the molecule is CN1CC[C@@]2(C)c3cc(O)ccc3N(C)[C@@H]12.O=C([O-])/C=C\C(=O)[O-]. The number of aliphatic carboxylic acids is 2. The third kappa shape index (κ3) is 3.21. The van der Waals surface area contributed by atoms with Crippen molar-refractivity contribution in [2.45, 2.75) is 24.9 Å². The van der Waals surface area contributed by atoms with Crippen LogP contribution >= 0.6 is 0 Å². The van der Waals surface area contributed by atoms with E-state index < -0.39 is 11.9 Å². The molecule has 0 spiro atoms. The maximum absolute atomic E-state index is 9.65. The van der Waals surface area contributed by atoms with Crippen molar-refractivity contribution in [3.63, 3.8) is 0 Å². The van der Waals surface area contributed by atoms with Crippen LogP contribution in [-0.2, 0) is 15.0 Å². The Labute approximate surface area is 140 Å². The van der Waals surface area contributed by atoms with Crippen LogP contribution in [0.3, 0.4) is 0 Å². The average molecular weight is 332 g/mol. The molecule has 0 aliphatic carbocycles. The Morgan fingerprint density at radius 3 is 2.38 bits per heavy atom. The number of nitrogens with zero attached hydrogens (tertiary/aromatic N) is 2. The zero-order valence-electron chi connectivity index (χ0n) is 13.9. The number of likely N-dealkylation sites (N-methyl/N-ethyl adjacent to an activating group) is 2. The fourth-order valence-corrected chi connectivity index (χ4v) is 3.70. The number of hydrogen-bond donors (Lipinski definition) is 1. The fourth-order valence-electron chi connectivity index (χ4n) is 3.70. The molecule has 1 aromatic rings. The second kappa shape index (κ2) is 6.52. The highest BCUT2D eigenvalue weighted by atomic mass is 16.4. The second-order valence-corrected chi connectivity index (χ2v) is 6.31. The molecule has 2 aliphatic heterocycles. The minimum absolute atomic E-state index is 0.164. The molecule has 130 valence electrons. The quantitative estimate of drug-likeness (QED) is 0.678. The van der Waals surface area contributed by atoms with Crippen molar-refractivity contribution in [3.05, 3.63) is 35.9 Å². The predicted octanol–water partition coefficient (Wildman–Crippen LogP) is -1.20. The molecule has 7 nitrogen and oxygen atoms in total. The zero-order chi connectivity index (χ0) is 18.1. The van der Waals surface area contributed by atoms with Gasteiger partial charge in [-0.1, -0.05) is 6.92 Å². The predicted molar refractivity (Wildman–Crippen MR) is 84.1 cm³/mol. The Kier molecular flexibility index (Phi) is 4.84. The monoisotopic (exact) mass is 332 g/mol. The van der Waals surface area contributed by atoms with Crippen LogP contribution in [0.4, 0.5) is 5.69 Å². The smallest absolute Gasteiger partial charge is 0.116 e. The first-order valence-corrected chi connectivity index (χ1v) is 7.53. The van der Waals surface area contributed by atoms with Crippen LogP contribution in [0.2, 0.25) is 0 Å². The number of likely N-dealkylation sites (tertiary alicyclic amines) is 1. The summed E-state index contributed by atoms with van der Waals surface area (Å²) in [4.78, 5) is 23.6. The van der Waals surface area contributed by atoms with Gasteiger partial charge in [0.25, 0.3) is 0 Å². The van der Waals surface area contributed by atoms with Gasteiger partial charge < -0.3 is 29.8 Å². The number of carboxylic acids is 2. The van der Waals surface area contributed by atoms with E-state index in [1.807, 2.05) is 12.1 Å². The average Bonchev–Trinajstić information content (AvgIpc) is 2.92. The third-order valence-electron chi connectivity index (χ3n) is 4.67. The van der Waals surface area contributed by atoms with Gasteiger partial charge in [-0.3, -0.25) is 4.90 Å². The molecule has 1 saturated heterocycles. The van der Waals surface area contributed by atoms with Gasteiger partial charge in [0.2, 0.25) is 0 Å². The van der Waals surface area contributed by atoms with Crippen molar-refractivity contribution >= 4 is 17.6 Å². The highest BCUT2D eigenvalue weighted by molar-refractivity contribution is 5.87. The summed E-state index contributed by atoms with van der Waals surface area (Å²) in [7, 11) is 4.33. The van der Waals surface area contributed by atoms with Crippen LogP contribution in [-0.4, -0.2) is 48.8 Å². The van der Waals surface area contributed by atoms with Crippen LogP contribution in [0, 0.1) is 0 Å². The van der Waals surface area contributed by atoms with Gasteiger partial charge >= 0.3 is 0 Å². The number of phenolic OH excluding ortho intramolecular Hbond substituents is 1. The summed E-state index contributed by atoms with van der Waals surface area (Å²) in [6, 6.07) is 5.74. The number of carboxylic acid groups (broad SMARTS) is 2. The number of benzene rings is 1. The first-order valence-electron chi connectivity index (χ1n) is 7.53. The van der Waals surface area contributed by atoms with E-state index >= 15 is 0 Å². The van der Waals surface area contributed by atoms with E-state index in [1.165, 1.54) is 11.3 Å².